The van der Waals surface area contributed by atoms with E-state index in [1.165, 1.54) is 25.2 Å². The van der Waals surface area contributed by atoms with E-state index in [-0.39, 0.29) is 18.0 Å². The maximum atomic E-state index is 12.7. The van der Waals surface area contributed by atoms with Crippen LogP contribution in [0.5, 0.6) is 0 Å². The fourth-order valence-corrected chi connectivity index (χ4v) is 1.68. The Morgan fingerprint density at radius 3 is 2.63 bits per heavy atom. The summed E-state index contributed by atoms with van der Waals surface area (Å²) in [5.74, 6) is -0.389. The van der Waals surface area contributed by atoms with Crippen molar-refractivity contribution >= 4 is 5.91 Å². The smallest absolute Gasteiger partial charge is 0.340 e. The number of halogens is 3. The van der Waals surface area contributed by atoms with Crippen LogP contribution in [0.25, 0.3) is 0 Å². The first-order valence-electron chi connectivity index (χ1n) is 5.77. The van der Waals surface area contributed by atoms with Crippen LogP contribution in [0.15, 0.2) is 6.20 Å². The van der Waals surface area contributed by atoms with Crippen LogP contribution in [0, 0.1) is 0 Å². The highest BCUT2D eigenvalue weighted by atomic mass is 19.4. The number of nitrogens with zero attached hydrogens (tertiary/aromatic N) is 3. The normalized spacial score (nSPS) is 13.4. The third kappa shape index (κ3) is 3.69. The summed E-state index contributed by atoms with van der Waals surface area (Å²) in [5, 5.41) is 3.38. The van der Waals surface area contributed by atoms with E-state index < -0.39 is 17.9 Å². The van der Waals surface area contributed by atoms with Gasteiger partial charge in [0.1, 0.15) is 0 Å². The number of aryl methyl sites for hydroxylation is 1. The fraction of sp³-hybridized carbons (Fsp3) is 0.636. The van der Waals surface area contributed by atoms with Gasteiger partial charge in [-0.05, 0) is 6.42 Å². The first kappa shape index (κ1) is 15.5. The highest BCUT2D eigenvalue weighted by molar-refractivity contribution is 5.81. The van der Waals surface area contributed by atoms with E-state index in [4.69, 9.17) is 5.73 Å². The topological polar surface area (TPSA) is 64.2 Å². The van der Waals surface area contributed by atoms with Gasteiger partial charge >= 0.3 is 6.18 Å². The van der Waals surface area contributed by atoms with Crippen molar-refractivity contribution in [1.82, 2.24) is 14.7 Å². The molecule has 108 valence electrons. The predicted octanol–water partition coefficient (Wildman–Crippen LogP) is 1.13. The summed E-state index contributed by atoms with van der Waals surface area (Å²) in [6.07, 6.45) is -2.85. The summed E-state index contributed by atoms with van der Waals surface area (Å²) >= 11 is 0. The number of alkyl halides is 3. The molecular weight excluding hydrogens is 261 g/mol. The number of amides is 1. The van der Waals surface area contributed by atoms with Crippen LogP contribution in [0.1, 0.15) is 24.6 Å². The number of hydrogen-bond acceptors (Lipinski definition) is 3. The summed E-state index contributed by atoms with van der Waals surface area (Å²) in [7, 11) is 2.82. The Bertz CT molecular complexity index is 455. The van der Waals surface area contributed by atoms with Crippen molar-refractivity contribution in [3.8, 4) is 0 Å². The molecule has 0 aliphatic heterocycles. The first-order chi connectivity index (χ1) is 8.66. The minimum absolute atomic E-state index is 0.0471. The highest BCUT2D eigenvalue weighted by Gasteiger charge is 2.37. The lowest BCUT2D eigenvalue weighted by atomic mass is 10.2. The molecule has 1 aromatic rings. The van der Waals surface area contributed by atoms with Crippen molar-refractivity contribution in [3.05, 3.63) is 17.5 Å². The number of carbonyl (C=O) groups excluding carboxylic acids is 1. The van der Waals surface area contributed by atoms with Gasteiger partial charge in [0, 0.05) is 32.4 Å². The minimum atomic E-state index is -4.53. The number of rotatable bonds is 4. The summed E-state index contributed by atoms with van der Waals surface area (Å²) in [6.45, 7) is 1.57. The molecule has 1 heterocycles. The maximum Gasteiger partial charge on any atom is 0.435 e. The molecule has 0 bridgehead atoms. The molecule has 0 aromatic carbocycles. The second-order valence-electron chi connectivity index (χ2n) is 4.38. The van der Waals surface area contributed by atoms with Crippen LogP contribution in [-0.2, 0) is 24.6 Å². The number of hydrogen-bond donors (Lipinski definition) is 1. The molecular formula is C11H17F3N4O. The number of likely N-dealkylation sites (N-methyl/N-ethyl adjacent to an activating group) is 1. The van der Waals surface area contributed by atoms with Gasteiger partial charge in [0.25, 0.3) is 0 Å². The summed E-state index contributed by atoms with van der Waals surface area (Å²) < 4.78 is 39.3. The average Bonchev–Trinajstić information content (AvgIpc) is 2.67. The lowest BCUT2D eigenvalue weighted by Crippen LogP contribution is -2.41. The quantitative estimate of drug-likeness (QED) is 0.898. The Kier molecular flexibility index (Phi) is 4.56. The Balaban J connectivity index is 2.91. The molecule has 1 unspecified atom stereocenters. The first-order valence-corrected chi connectivity index (χ1v) is 5.77. The largest absolute Gasteiger partial charge is 0.435 e. The second-order valence-corrected chi connectivity index (χ2v) is 4.38. The molecule has 0 saturated carbocycles. The van der Waals surface area contributed by atoms with Gasteiger partial charge in [-0.1, -0.05) is 6.92 Å². The van der Waals surface area contributed by atoms with Crippen molar-refractivity contribution in [2.75, 3.05) is 7.05 Å². The van der Waals surface area contributed by atoms with Crippen molar-refractivity contribution in [2.24, 2.45) is 12.8 Å². The summed E-state index contributed by atoms with van der Waals surface area (Å²) in [6, 6.07) is -0.698. The van der Waals surface area contributed by atoms with Crippen LogP contribution in [0.2, 0.25) is 0 Å². The maximum absolute atomic E-state index is 12.7. The molecule has 0 radical (unpaired) electrons. The number of nitrogens with two attached hydrogens (primary N) is 1. The van der Waals surface area contributed by atoms with Crippen LogP contribution in [0.3, 0.4) is 0 Å². The zero-order valence-corrected chi connectivity index (χ0v) is 11.0. The monoisotopic (exact) mass is 278 g/mol. The van der Waals surface area contributed by atoms with Gasteiger partial charge in [-0.25, -0.2) is 0 Å². The molecule has 1 atom stereocenters. The van der Waals surface area contributed by atoms with Gasteiger partial charge in [-0.3, -0.25) is 9.48 Å². The predicted molar refractivity (Wildman–Crippen MR) is 63.0 cm³/mol. The molecule has 1 rings (SSSR count). The zero-order chi connectivity index (χ0) is 14.8. The molecule has 0 aliphatic rings. The van der Waals surface area contributed by atoms with Gasteiger partial charge in [0.05, 0.1) is 6.04 Å². The van der Waals surface area contributed by atoms with E-state index in [1.54, 1.807) is 6.92 Å². The lowest BCUT2D eigenvalue weighted by Gasteiger charge is -2.20. The van der Waals surface area contributed by atoms with Crippen LogP contribution in [-0.4, -0.2) is 33.7 Å². The Hall–Kier alpha value is -1.57. The van der Waals surface area contributed by atoms with Crippen LogP contribution >= 0.6 is 0 Å². The molecule has 2 N–H and O–H groups in total. The molecule has 0 saturated heterocycles. The Morgan fingerprint density at radius 2 is 2.16 bits per heavy atom. The highest BCUT2D eigenvalue weighted by Crippen LogP contribution is 2.31. The van der Waals surface area contributed by atoms with Crippen molar-refractivity contribution in [1.29, 1.82) is 0 Å². The van der Waals surface area contributed by atoms with E-state index in [0.29, 0.717) is 6.42 Å². The standard InChI is InChI=1S/C11H17F3N4O/c1-4-8(15)10(19)17(2)5-7-6-18(3)16-9(7)11(12,13)14/h6,8H,4-5,15H2,1-3H3. The SMILES string of the molecule is CCC(N)C(=O)N(C)Cc1cn(C)nc1C(F)(F)F. The second kappa shape index (κ2) is 5.60. The molecule has 19 heavy (non-hydrogen) atoms. The lowest BCUT2D eigenvalue weighted by molar-refractivity contribution is -0.143. The molecule has 5 nitrogen and oxygen atoms in total. The molecule has 0 spiro atoms. The molecule has 8 heteroatoms. The van der Waals surface area contributed by atoms with Gasteiger partial charge < -0.3 is 10.6 Å². The summed E-state index contributed by atoms with van der Waals surface area (Å²) in [4.78, 5) is 12.9. The molecule has 1 aromatic heterocycles. The van der Waals surface area contributed by atoms with Gasteiger partial charge in [0.2, 0.25) is 5.91 Å². The van der Waals surface area contributed by atoms with Crippen molar-refractivity contribution < 1.29 is 18.0 Å². The molecule has 0 fully saturated rings. The van der Waals surface area contributed by atoms with E-state index in [1.807, 2.05) is 0 Å². The molecule has 0 aliphatic carbocycles. The van der Waals surface area contributed by atoms with Gasteiger partial charge in [0.15, 0.2) is 5.69 Å². The average molecular weight is 278 g/mol. The number of aromatic nitrogens is 2. The van der Waals surface area contributed by atoms with Gasteiger partial charge in [-0.2, -0.15) is 18.3 Å². The Morgan fingerprint density at radius 1 is 1.58 bits per heavy atom. The zero-order valence-electron chi connectivity index (χ0n) is 11.0. The third-order valence-corrected chi connectivity index (χ3v) is 2.71. The Labute approximate surface area is 109 Å². The summed E-state index contributed by atoms with van der Waals surface area (Å²) in [5.41, 5.74) is 4.55. The van der Waals surface area contributed by atoms with E-state index in [9.17, 15) is 18.0 Å². The van der Waals surface area contributed by atoms with Crippen LogP contribution < -0.4 is 5.73 Å². The van der Waals surface area contributed by atoms with Gasteiger partial charge in [-0.15, -0.1) is 0 Å². The minimum Gasteiger partial charge on any atom is -0.340 e. The van der Waals surface area contributed by atoms with E-state index in [0.717, 1.165) is 4.68 Å². The third-order valence-electron chi connectivity index (χ3n) is 2.71. The van der Waals surface area contributed by atoms with E-state index in [2.05, 4.69) is 5.10 Å². The van der Waals surface area contributed by atoms with Crippen molar-refractivity contribution in [3.63, 3.8) is 0 Å². The molecule has 1 amide bonds. The number of carbonyl (C=O) groups is 1. The van der Waals surface area contributed by atoms with Crippen molar-refractivity contribution in [2.45, 2.75) is 32.1 Å². The fourth-order valence-electron chi connectivity index (χ4n) is 1.68. The van der Waals surface area contributed by atoms with E-state index >= 15 is 0 Å². The van der Waals surface area contributed by atoms with Crippen LogP contribution in [0.4, 0.5) is 13.2 Å².